The van der Waals surface area contributed by atoms with Gasteiger partial charge in [-0.3, -0.25) is 0 Å². The second-order valence-corrected chi connectivity index (χ2v) is 8.15. The van der Waals surface area contributed by atoms with Crippen molar-refractivity contribution in [3.63, 3.8) is 0 Å². The molecule has 0 N–H and O–H groups in total. The highest BCUT2D eigenvalue weighted by atomic mass is 32.2. The normalized spacial score (nSPS) is 11.0. The average Bonchev–Trinajstić information content (AvgIpc) is 2.77. The summed E-state index contributed by atoms with van der Waals surface area (Å²) in [5, 5.41) is 0. The molecule has 0 spiro atoms. The largest absolute Gasteiger partial charge is 0.453 e. The Bertz CT molecular complexity index is 1190. The van der Waals surface area contributed by atoms with Gasteiger partial charge in [0.25, 0.3) is 0 Å². The minimum atomic E-state index is -3.81. The third-order valence-electron chi connectivity index (χ3n) is 4.22. The molecule has 0 aliphatic rings. The van der Waals surface area contributed by atoms with Crippen molar-refractivity contribution < 1.29 is 17.9 Å². The summed E-state index contributed by atoms with van der Waals surface area (Å²) in [6.07, 6.45) is 0. The first kappa shape index (κ1) is 18.8. The molecule has 0 aliphatic carbocycles. The Balaban J connectivity index is 1.85. The zero-order chi connectivity index (χ0) is 20.1. The number of rotatable bonds is 6. The Kier molecular flexibility index (Phi) is 5.31. The summed E-state index contributed by atoms with van der Waals surface area (Å²) in [7, 11) is -3.81. The van der Waals surface area contributed by atoms with E-state index in [-0.39, 0.29) is 15.5 Å². The van der Waals surface area contributed by atoms with Gasteiger partial charge in [0.1, 0.15) is 16.4 Å². The summed E-state index contributed by atoms with van der Waals surface area (Å²) in [5.74, 6) is 1.56. The molecule has 0 atom stereocenters. The molecule has 4 aromatic rings. The van der Waals surface area contributed by atoms with Crippen LogP contribution in [0, 0.1) is 0 Å². The second-order valence-electron chi connectivity index (χ2n) is 6.23. The summed E-state index contributed by atoms with van der Waals surface area (Å²) in [4.78, 5) is 0.232. The molecule has 4 aromatic carbocycles. The summed E-state index contributed by atoms with van der Waals surface area (Å²) >= 11 is 0. The zero-order valence-corrected chi connectivity index (χ0v) is 16.3. The average molecular weight is 402 g/mol. The van der Waals surface area contributed by atoms with E-state index in [0.29, 0.717) is 17.2 Å². The van der Waals surface area contributed by atoms with Crippen molar-refractivity contribution >= 4 is 9.84 Å². The number of para-hydroxylation sites is 3. The van der Waals surface area contributed by atoms with Gasteiger partial charge in [0.05, 0.1) is 4.90 Å². The third-order valence-corrected chi connectivity index (χ3v) is 6.01. The van der Waals surface area contributed by atoms with E-state index in [1.807, 2.05) is 36.4 Å². The van der Waals surface area contributed by atoms with Gasteiger partial charge >= 0.3 is 0 Å². The highest BCUT2D eigenvalue weighted by molar-refractivity contribution is 7.91. The fraction of sp³-hybridized carbons (Fsp3) is 0. The number of sulfone groups is 1. The van der Waals surface area contributed by atoms with Crippen LogP contribution in [0.4, 0.5) is 0 Å². The Morgan fingerprint density at radius 1 is 0.517 bits per heavy atom. The maximum Gasteiger partial charge on any atom is 0.210 e. The minimum absolute atomic E-state index is 0.0426. The van der Waals surface area contributed by atoms with Gasteiger partial charge in [0.15, 0.2) is 11.5 Å². The lowest BCUT2D eigenvalue weighted by atomic mass is 10.3. The fourth-order valence-electron chi connectivity index (χ4n) is 2.84. The fourth-order valence-corrected chi connectivity index (χ4v) is 4.25. The number of ether oxygens (including phenoxy) is 2. The van der Waals surface area contributed by atoms with Crippen LogP contribution in [0.3, 0.4) is 0 Å². The predicted octanol–water partition coefficient (Wildman–Crippen LogP) is 6.10. The summed E-state index contributed by atoms with van der Waals surface area (Å²) in [5.41, 5.74) is 0. The van der Waals surface area contributed by atoms with Crippen LogP contribution >= 0.6 is 0 Å². The standard InChI is InChI=1S/C24H18O4S/c25-29(26,21-15-8-3-9-16-21)23-18-10-17-22(27-19-11-4-1-5-12-19)24(23)28-20-13-6-2-7-14-20/h1-18H. The lowest BCUT2D eigenvalue weighted by molar-refractivity contribution is 0.409. The Labute approximate surface area is 169 Å². The van der Waals surface area contributed by atoms with Gasteiger partial charge in [0, 0.05) is 0 Å². The number of hydrogen-bond acceptors (Lipinski definition) is 4. The molecule has 0 saturated heterocycles. The zero-order valence-electron chi connectivity index (χ0n) is 15.4. The van der Waals surface area contributed by atoms with Crippen LogP contribution in [0.25, 0.3) is 0 Å². The van der Waals surface area contributed by atoms with Crippen molar-refractivity contribution in [1.29, 1.82) is 0 Å². The highest BCUT2D eigenvalue weighted by Crippen LogP contribution is 2.41. The van der Waals surface area contributed by atoms with Crippen molar-refractivity contribution in [2.45, 2.75) is 9.79 Å². The van der Waals surface area contributed by atoms with Crippen LogP contribution in [0.2, 0.25) is 0 Å². The van der Waals surface area contributed by atoms with Gasteiger partial charge in [-0.25, -0.2) is 8.42 Å². The molecule has 0 amide bonds. The smallest absolute Gasteiger partial charge is 0.210 e. The minimum Gasteiger partial charge on any atom is -0.453 e. The first-order valence-electron chi connectivity index (χ1n) is 9.03. The van der Waals surface area contributed by atoms with E-state index >= 15 is 0 Å². The summed E-state index contributed by atoms with van der Waals surface area (Å²) < 4.78 is 38.6. The molecule has 0 heterocycles. The maximum absolute atomic E-state index is 13.3. The van der Waals surface area contributed by atoms with Gasteiger partial charge in [-0.1, -0.05) is 60.7 Å². The molecule has 144 valence electrons. The van der Waals surface area contributed by atoms with Crippen molar-refractivity contribution in [3.8, 4) is 23.0 Å². The van der Waals surface area contributed by atoms with Crippen LogP contribution in [-0.2, 0) is 9.84 Å². The lowest BCUT2D eigenvalue weighted by Gasteiger charge is -2.16. The molecule has 0 unspecified atom stereocenters. The topological polar surface area (TPSA) is 52.6 Å². The first-order valence-corrected chi connectivity index (χ1v) is 10.5. The van der Waals surface area contributed by atoms with Crippen molar-refractivity contribution in [1.82, 2.24) is 0 Å². The van der Waals surface area contributed by atoms with Crippen LogP contribution in [0.1, 0.15) is 0 Å². The van der Waals surface area contributed by atoms with Crippen molar-refractivity contribution in [3.05, 3.63) is 109 Å². The Hall–Kier alpha value is -3.57. The molecule has 0 radical (unpaired) electrons. The van der Waals surface area contributed by atoms with E-state index in [4.69, 9.17) is 9.47 Å². The van der Waals surface area contributed by atoms with Crippen LogP contribution in [0.5, 0.6) is 23.0 Å². The molecule has 0 aliphatic heterocycles. The SMILES string of the molecule is O=S(=O)(c1ccccc1)c1cccc(Oc2ccccc2)c1Oc1ccccc1. The lowest BCUT2D eigenvalue weighted by Crippen LogP contribution is -2.05. The second kappa shape index (κ2) is 8.20. The van der Waals surface area contributed by atoms with Gasteiger partial charge in [-0.05, 0) is 48.5 Å². The predicted molar refractivity (Wildman–Crippen MR) is 111 cm³/mol. The van der Waals surface area contributed by atoms with Crippen LogP contribution in [0.15, 0.2) is 119 Å². The van der Waals surface area contributed by atoms with Crippen LogP contribution in [-0.4, -0.2) is 8.42 Å². The van der Waals surface area contributed by atoms with Gasteiger partial charge < -0.3 is 9.47 Å². The summed E-state index contributed by atoms with van der Waals surface area (Å²) in [6.45, 7) is 0. The first-order chi connectivity index (χ1) is 14.1. The molecule has 29 heavy (non-hydrogen) atoms. The Morgan fingerprint density at radius 3 is 1.62 bits per heavy atom. The summed E-state index contributed by atoms with van der Waals surface area (Å²) in [6, 6.07) is 31.3. The highest BCUT2D eigenvalue weighted by Gasteiger charge is 2.25. The Morgan fingerprint density at radius 2 is 1.03 bits per heavy atom. The van der Waals surface area contributed by atoms with E-state index in [1.165, 1.54) is 6.07 Å². The molecular formula is C24H18O4S. The van der Waals surface area contributed by atoms with Crippen molar-refractivity contribution in [2.75, 3.05) is 0 Å². The van der Waals surface area contributed by atoms with E-state index in [0.717, 1.165) is 0 Å². The van der Waals surface area contributed by atoms with Crippen LogP contribution < -0.4 is 9.47 Å². The van der Waals surface area contributed by atoms with E-state index < -0.39 is 9.84 Å². The maximum atomic E-state index is 13.3. The third kappa shape index (κ3) is 4.15. The van der Waals surface area contributed by atoms with Gasteiger partial charge in [-0.15, -0.1) is 0 Å². The molecule has 0 saturated carbocycles. The van der Waals surface area contributed by atoms with Gasteiger partial charge in [-0.2, -0.15) is 0 Å². The monoisotopic (exact) mass is 402 g/mol. The molecule has 0 aromatic heterocycles. The number of benzene rings is 4. The molecular weight excluding hydrogens is 384 g/mol. The van der Waals surface area contributed by atoms with E-state index in [1.54, 1.807) is 66.7 Å². The van der Waals surface area contributed by atoms with Crippen molar-refractivity contribution in [2.24, 2.45) is 0 Å². The van der Waals surface area contributed by atoms with E-state index in [9.17, 15) is 8.42 Å². The molecule has 0 fully saturated rings. The molecule has 5 heteroatoms. The quantitative estimate of drug-likeness (QED) is 0.391. The molecule has 4 rings (SSSR count). The number of hydrogen-bond donors (Lipinski definition) is 0. The van der Waals surface area contributed by atoms with E-state index in [2.05, 4.69) is 0 Å². The van der Waals surface area contributed by atoms with Gasteiger partial charge in [0.2, 0.25) is 9.84 Å². The molecule has 4 nitrogen and oxygen atoms in total. The molecule has 0 bridgehead atoms.